The van der Waals surface area contributed by atoms with Crippen LogP contribution in [0.5, 0.6) is 0 Å². The molecule has 3 heteroatoms. The molecule has 0 radical (unpaired) electrons. The van der Waals surface area contributed by atoms with Gasteiger partial charge in [-0.2, -0.15) is 0 Å². The minimum atomic E-state index is -0.682. The molecule has 0 amide bonds. The highest BCUT2D eigenvalue weighted by Crippen LogP contribution is 2.18. The molecule has 1 rings (SSSR count). The summed E-state index contributed by atoms with van der Waals surface area (Å²) in [5.74, 6) is 0.112. The maximum absolute atomic E-state index is 10.4. The molecule has 1 N–H and O–H groups in total. The van der Waals surface area contributed by atoms with E-state index in [2.05, 4.69) is 11.8 Å². The first-order valence-corrected chi connectivity index (χ1v) is 5.16. The van der Waals surface area contributed by atoms with Crippen LogP contribution in [0, 0.1) is 5.92 Å². The predicted octanol–water partition coefficient (Wildman–Crippen LogP) is 1.58. The van der Waals surface area contributed by atoms with Gasteiger partial charge in [0.2, 0.25) is 0 Å². The van der Waals surface area contributed by atoms with E-state index in [-0.39, 0.29) is 6.42 Å². The Kier molecular flexibility index (Phi) is 4.22. The summed E-state index contributed by atoms with van der Waals surface area (Å²) in [6, 6.07) is 0. The fourth-order valence-electron chi connectivity index (χ4n) is 1.94. The molecule has 13 heavy (non-hydrogen) atoms. The molecule has 0 spiro atoms. The van der Waals surface area contributed by atoms with Gasteiger partial charge in [-0.1, -0.05) is 13.3 Å². The number of carbonyl (C=O) groups is 1. The van der Waals surface area contributed by atoms with Gasteiger partial charge in [-0.15, -0.1) is 0 Å². The van der Waals surface area contributed by atoms with Crippen LogP contribution in [0.25, 0.3) is 0 Å². The highest BCUT2D eigenvalue weighted by Gasteiger charge is 2.18. The van der Waals surface area contributed by atoms with Crippen molar-refractivity contribution >= 4 is 5.97 Å². The van der Waals surface area contributed by atoms with E-state index in [0.717, 1.165) is 25.6 Å². The molecule has 1 heterocycles. The Balaban J connectivity index is 2.21. The molecule has 0 bridgehead atoms. The average Bonchev–Trinajstić information content (AvgIpc) is 2.15. The van der Waals surface area contributed by atoms with Gasteiger partial charge in [-0.3, -0.25) is 4.79 Å². The molecule has 1 atom stereocenters. The topological polar surface area (TPSA) is 40.5 Å². The molecular weight excluding hydrogens is 166 g/mol. The van der Waals surface area contributed by atoms with Crippen molar-refractivity contribution in [3.8, 4) is 0 Å². The van der Waals surface area contributed by atoms with Crippen molar-refractivity contribution in [1.29, 1.82) is 0 Å². The van der Waals surface area contributed by atoms with E-state index in [9.17, 15) is 4.79 Å². The first-order chi connectivity index (χ1) is 6.22. The van der Waals surface area contributed by atoms with Crippen LogP contribution in [0.4, 0.5) is 0 Å². The van der Waals surface area contributed by atoms with Crippen molar-refractivity contribution in [2.45, 2.75) is 32.6 Å². The molecule has 0 aromatic heterocycles. The number of likely N-dealkylation sites (tertiary alicyclic amines) is 1. The molecule has 0 unspecified atom stereocenters. The summed E-state index contributed by atoms with van der Waals surface area (Å²) in [6.45, 7) is 5.13. The van der Waals surface area contributed by atoms with E-state index >= 15 is 0 Å². The van der Waals surface area contributed by atoms with Gasteiger partial charge in [0, 0.05) is 13.1 Å². The lowest BCUT2D eigenvalue weighted by Gasteiger charge is -2.31. The van der Waals surface area contributed by atoms with Crippen molar-refractivity contribution in [3.63, 3.8) is 0 Å². The Morgan fingerprint density at radius 3 is 3.00 bits per heavy atom. The minimum Gasteiger partial charge on any atom is -0.481 e. The maximum Gasteiger partial charge on any atom is 0.304 e. The van der Waals surface area contributed by atoms with E-state index in [1.165, 1.54) is 19.3 Å². The highest BCUT2D eigenvalue weighted by molar-refractivity contribution is 5.66. The minimum absolute atomic E-state index is 0.288. The van der Waals surface area contributed by atoms with Crippen LogP contribution in [0.3, 0.4) is 0 Å². The first-order valence-electron chi connectivity index (χ1n) is 5.16. The summed E-state index contributed by atoms with van der Waals surface area (Å²) in [6.07, 6.45) is 4.07. The van der Waals surface area contributed by atoms with Gasteiger partial charge in [0.05, 0.1) is 6.42 Å². The quantitative estimate of drug-likeness (QED) is 0.723. The van der Waals surface area contributed by atoms with Gasteiger partial charge in [-0.25, -0.2) is 0 Å². The van der Waals surface area contributed by atoms with Crippen LogP contribution in [-0.4, -0.2) is 35.6 Å². The molecule has 76 valence electrons. The third kappa shape index (κ3) is 3.77. The zero-order valence-corrected chi connectivity index (χ0v) is 8.33. The Labute approximate surface area is 79.7 Å². The van der Waals surface area contributed by atoms with Gasteiger partial charge in [-0.05, 0) is 25.3 Å². The third-order valence-corrected chi connectivity index (χ3v) is 2.82. The first kappa shape index (κ1) is 10.5. The predicted molar refractivity (Wildman–Crippen MR) is 51.7 cm³/mol. The molecule has 0 aromatic carbocycles. The number of rotatable bonds is 4. The molecule has 1 fully saturated rings. The van der Waals surface area contributed by atoms with Crippen LogP contribution in [0.15, 0.2) is 0 Å². The highest BCUT2D eigenvalue weighted by atomic mass is 16.4. The summed E-state index contributed by atoms with van der Waals surface area (Å²) >= 11 is 0. The number of hydrogen-bond donors (Lipinski definition) is 1. The summed E-state index contributed by atoms with van der Waals surface area (Å²) in [7, 11) is 0. The van der Waals surface area contributed by atoms with E-state index in [0.29, 0.717) is 0 Å². The molecule has 1 aliphatic heterocycles. The number of nitrogens with zero attached hydrogens (tertiary/aromatic N) is 1. The van der Waals surface area contributed by atoms with Crippen LogP contribution in [0.1, 0.15) is 32.6 Å². The van der Waals surface area contributed by atoms with Crippen molar-refractivity contribution in [2.24, 2.45) is 5.92 Å². The second-order valence-corrected chi connectivity index (χ2v) is 3.86. The van der Waals surface area contributed by atoms with Crippen LogP contribution < -0.4 is 0 Å². The fourth-order valence-corrected chi connectivity index (χ4v) is 1.94. The van der Waals surface area contributed by atoms with E-state index in [4.69, 9.17) is 5.11 Å². The third-order valence-electron chi connectivity index (χ3n) is 2.82. The second kappa shape index (κ2) is 5.22. The largest absolute Gasteiger partial charge is 0.481 e. The Morgan fingerprint density at radius 1 is 1.62 bits per heavy atom. The zero-order valence-electron chi connectivity index (χ0n) is 8.33. The fraction of sp³-hybridized carbons (Fsp3) is 0.900. The standard InChI is InChI=1S/C10H19NO2/c1-2-9-4-3-6-11(8-9)7-5-10(12)13/h9H,2-8H2,1H3,(H,12,13)/t9-/m1/s1. The van der Waals surface area contributed by atoms with Gasteiger partial charge >= 0.3 is 5.97 Å². The molecule has 1 aliphatic rings. The molecule has 3 nitrogen and oxygen atoms in total. The average molecular weight is 185 g/mol. The van der Waals surface area contributed by atoms with E-state index in [1.807, 2.05) is 0 Å². The lowest BCUT2D eigenvalue weighted by Crippen LogP contribution is -2.36. The SMILES string of the molecule is CC[C@@H]1CCCN(CCC(=O)O)C1. The molecule has 0 saturated carbocycles. The number of hydrogen-bond acceptors (Lipinski definition) is 2. The lowest BCUT2D eigenvalue weighted by molar-refractivity contribution is -0.137. The smallest absolute Gasteiger partial charge is 0.304 e. The van der Waals surface area contributed by atoms with Gasteiger partial charge < -0.3 is 10.0 Å². The van der Waals surface area contributed by atoms with Crippen LogP contribution >= 0.6 is 0 Å². The van der Waals surface area contributed by atoms with Gasteiger partial charge in [0.15, 0.2) is 0 Å². The monoisotopic (exact) mass is 185 g/mol. The summed E-state index contributed by atoms with van der Waals surface area (Å²) in [4.78, 5) is 12.6. The lowest BCUT2D eigenvalue weighted by atomic mass is 9.95. The molecule has 0 aliphatic carbocycles. The van der Waals surface area contributed by atoms with E-state index in [1.54, 1.807) is 0 Å². The van der Waals surface area contributed by atoms with Crippen LogP contribution in [-0.2, 0) is 4.79 Å². The molecular formula is C10H19NO2. The van der Waals surface area contributed by atoms with Crippen molar-refractivity contribution in [1.82, 2.24) is 4.90 Å². The number of carboxylic acid groups (broad SMARTS) is 1. The second-order valence-electron chi connectivity index (χ2n) is 3.86. The Hall–Kier alpha value is -0.570. The summed E-state index contributed by atoms with van der Waals surface area (Å²) in [5, 5.41) is 8.54. The number of carboxylic acids is 1. The van der Waals surface area contributed by atoms with Crippen molar-refractivity contribution in [2.75, 3.05) is 19.6 Å². The number of piperidine rings is 1. The van der Waals surface area contributed by atoms with Crippen molar-refractivity contribution in [3.05, 3.63) is 0 Å². The Bertz CT molecular complexity index is 170. The summed E-state index contributed by atoms with van der Waals surface area (Å²) < 4.78 is 0. The Morgan fingerprint density at radius 2 is 2.38 bits per heavy atom. The summed E-state index contributed by atoms with van der Waals surface area (Å²) in [5.41, 5.74) is 0. The number of aliphatic carboxylic acids is 1. The van der Waals surface area contributed by atoms with Gasteiger partial charge in [0.1, 0.15) is 0 Å². The van der Waals surface area contributed by atoms with Crippen molar-refractivity contribution < 1.29 is 9.90 Å². The normalized spacial score (nSPS) is 24.5. The maximum atomic E-state index is 10.4. The van der Waals surface area contributed by atoms with Crippen LogP contribution in [0.2, 0.25) is 0 Å². The van der Waals surface area contributed by atoms with Gasteiger partial charge in [0.25, 0.3) is 0 Å². The molecule has 1 saturated heterocycles. The molecule has 0 aromatic rings. The zero-order chi connectivity index (χ0) is 9.68. The van der Waals surface area contributed by atoms with E-state index < -0.39 is 5.97 Å².